The maximum atomic E-state index is 12.7. The highest BCUT2D eigenvalue weighted by Crippen LogP contribution is 2.25. The monoisotopic (exact) mass is 372 g/mol. The summed E-state index contributed by atoms with van der Waals surface area (Å²) >= 11 is 0. The Balaban J connectivity index is 1.72. The molecule has 0 radical (unpaired) electrons. The number of carbonyl (C=O) groups is 1. The van der Waals surface area contributed by atoms with Crippen molar-refractivity contribution in [1.82, 2.24) is 10.1 Å². The molecule has 2 heterocycles. The third-order valence-corrected chi connectivity index (χ3v) is 4.65. The Kier molecular flexibility index (Phi) is 6.50. The first-order chi connectivity index (χ1) is 13.0. The van der Waals surface area contributed by atoms with Crippen molar-refractivity contribution < 1.29 is 18.8 Å². The van der Waals surface area contributed by atoms with Gasteiger partial charge < -0.3 is 18.9 Å². The highest BCUT2D eigenvalue weighted by Gasteiger charge is 2.24. The largest absolute Gasteiger partial charge is 0.497 e. The van der Waals surface area contributed by atoms with Crippen LogP contribution in [0.4, 0.5) is 0 Å². The van der Waals surface area contributed by atoms with E-state index in [1.54, 1.807) is 7.11 Å². The first-order valence-corrected chi connectivity index (χ1v) is 9.54. The number of ether oxygens (including phenoxy) is 2. The second-order valence-electron chi connectivity index (χ2n) is 7.42. The van der Waals surface area contributed by atoms with Crippen molar-refractivity contribution >= 4 is 5.91 Å². The van der Waals surface area contributed by atoms with E-state index in [-0.39, 0.29) is 12.0 Å². The number of aromatic nitrogens is 1. The quantitative estimate of drug-likeness (QED) is 0.703. The van der Waals surface area contributed by atoms with Crippen molar-refractivity contribution in [3.05, 3.63) is 36.0 Å². The molecule has 6 heteroatoms. The van der Waals surface area contributed by atoms with Gasteiger partial charge in [-0.15, -0.1) is 0 Å². The van der Waals surface area contributed by atoms with Crippen LogP contribution in [0.1, 0.15) is 38.8 Å². The Bertz CT molecular complexity index is 750. The molecule has 1 unspecified atom stereocenters. The Morgan fingerprint density at radius 1 is 1.37 bits per heavy atom. The summed E-state index contributed by atoms with van der Waals surface area (Å²) in [5.74, 6) is 1.87. The van der Waals surface area contributed by atoms with Gasteiger partial charge in [0.05, 0.1) is 19.8 Å². The zero-order chi connectivity index (χ0) is 19.2. The summed E-state index contributed by atoms with van der Waals surface area (Å²) in [6, 6.07) is 9.53. The summed E-state index contributed by atoms with van der Waals surface area (Å²) in [7, 11) is 1.63. The number of hydrogen-bond acceptors (Lipinski definition) is 5. The van der Waals surface area contributed by atoms with E-state index in [2.05, 4.69) is 19.0 Å². The molecule has 3 rings (SSSR count). The van der Waals surface area contributed by atoms with Crippen molar-refractivity contribution in [2.75, 3.05) is 20.3 Å². The van der Waals surface area contributed by atoms with Crippen LogP contribution in [0.5, 0.6) is 5.75 Å². The maximum Gasteiger partial charge on any atom is 0.223 e. The minimum Gasteiger partial charge on any atom is -0.497 e. The maximum absolute atomic E-state index is 12.7. The van der Waals surface area contributed by atoms with Gasteiger partial charge in [-0.2, -0.15) is 0 Å². The number of benzene rings is 1. The molecule has 1 aromatic carbocycles. The van der Waals surface area contributed by atoms with Crippen molar-refractivity contribution in [1.29, 1.82) is 0 Å². The van der Waals surface area contributed by atoms with Gasteiger partial charge in [0, 0.05) is 31.2 Å². The van der Waals surface area contributed by atoms with E-state index in [0.29, 0.717) is 31.2 Å². The van der Waals surface area contributed by atoms with Crippen LogP contribution in [0, 0.1) is 5.92 Å². The molecule has 0 bridgehead atoms. The summed E-state index contributed by atoms with van der Waals surface area (Å²) in [5.41, 5.74) is 1.63. The molecule has 27 heavy (non-hydrogen) atoms. The average Bonchev–Trinajstić information content (AvgIpc) is 3.32. The Morgan fingerprint density at radius 3 is 2.93 bits per heavy atom. The smallest absolute Gasteiger partial charge is 0.223 e. The standard InChI is InChI=1S/C21H28N2O4/c1-15(2)10-21(24)23(14-19-8-5-9-26-19)13-17-12-20(27-22-17)16-6-4-7-18(11-16)25-3/h4,6-7,11-12,15,19H,5,8-10,13-14H2,1-3H3. The van der Waals surface area contributed by atoms with Crippen LogP contribution in [0.3, 0.4) is 0 Å². The van der Waals surface area contributed by atoms with Gasteiger partial charge >= 0.3 is 0 Å². The second-order valence-corrected chi connectivity index (χ2v) is 7.42. The van der Waals surface area contributed by atoms with E-state index in [9.17, 15) is 4.79 Å². The lowest BCUT2D eigenvalue weighted by molar-refractivity contribution is -0.134. The number of amides is 1. The SMILES string of the molecule is COc1cccc(-c2cc(CN(CC3CCCO3)C(=O)CC(C)C)no2)c1. The molecule has 0 spiro atoms. The van der Waals surface area contributed by atoms with Crippen LogP contribution >= 0.6 is 0 Å². The van der Waals surface area contributed by atoms with Crippen LogP contribution in [-0.4, -0.2) is 42.3 Å². The van der Waals surface area contributed by atoms with Crippen LogP contribution in [0.2, 0.25) is 0 Å². The van der Waals surface area contributed by atoms with Gasteiger partial charge in [-0.3, -0.25) is 4.79 Å². The summed E-state index contributed by atoms with van der Waals surface area (Å²) in [5, 5.41) is 4.17. The molecule has 2 aromatic rings. The Morgan fingerprint density at radius 2 is 2.22 bits per heavy atom. The summed E-state index contributed by atoms with van der Waals surface area (Å²) in [4.78, 5) is 14.6. The van der Waals surface area contributed by atoms with Gasteiger partial charge in [-0.05, 0) is 30.9 Å². The first kappa shape index (κ1) is 19.4. The third-order valence-electron chi connectivity index (χ3n) is 4.65. The van der Waals surface area contributed by atoms with Gasteiger partial charge in [0.2, 0.25) is 5.91 Å². The topological polar surface area (TPSA) is 64.8 Å². The highest BCUT2D eigenvalue weighted by molar-refractivity contribution is 5.76. The molecule has 6 nitrogen and oxygen atoms in total. The van der Waals surface area contributed by atoms with Crippen molar-refractivity contribution in [2.24, 2.45) is 5.92 Å². The zero-order valence-corrected chi connectivity index (χ0v) is 16.3. The van der Waals surface area contributed by atoms with E-state index < -0.39 is 0 Å². The van der Waals surface area contributed by atoms with Crippen LogP contribution in [0.15, 0.2) is 34.9 Å². The number of carbonyl (C=O) groups excluding carboxylic acids is 1. The molecule has 1 aliphatic heterocycles. The minimum atomic E-state index is 0.117. The van der Waals surface area contributed by atoms with Crippen molar-refractivity contribution in [3.8, 4) is 17.1 Å². The predicted molar refractivity (Wildman–Crippen MR) is 102 cm³/mol. The molecule has 1 atom stereocenters. The van der Waals surface area contributed by atoms with E-state index >= 15 is 0 Å². The van der Waals surface area contributed by atoms with Gasteiger partial charge in [-0.1, -0.05) is 31.1 Å². The molecule has 146 valence electrons. The minimum absolute atomic E-state index is 0.117. The summed E-state index contributed by atoms with van der Waals surface area (Å²) in [6.07, 6.45) is 2.69. The Hall–Kier alpha value is -2.34. The number of nitrogens with zero attached hydrogens (tertiary/aromatic N) is 2. The lowest BCUT2D eigenvalue weighted by Gasteiger charge is -2.25. The normalized spacial score (nSPS) is 16.7. The molecule has 0 aliphatic carbocycles. The van der Waals surface area contributed by atoms with E-state index in [1.807, 2.05) is 35.2 Å². The fourth-order valence-electron chi connectivity index (χ4n) is 3.26. The number of rotatable bonds is 8. The molecule has 0 N–H and O–H groups in total. The number of hydrogen-bond donors (Lipinski definition) is 0. The van der Waals surface area contributed by atoms with Gasteiger partial charge in [0.25, 0.3) is 0 Å². The molecule has 1 aromatic heterocycles. The molecule has 1 amide bonds. The van der Waals surface area contributed by atoms with Crippen LogP contribution in [-0.2, 0) is 16.1 Å². The number of methoxy groups -OCH3 is 1. The van der Waals surface area contributed by atoms with Crippen LogP contribution in [0.25, 0.3) is 11.3 Å². The highest BCUT2D eigenvalue weighted by atomic mass is 16.5. The third kappa shape index (κ3) is 5.32. The van der Waals surface area contributed by atoms with E-state index in [4.69, 9.17) is 14.0 Å². The molecule has 1 aliphatic rings. The van der Waals surface area contributed by atoms with E-state index in [1.165, 1.54) is 0 Å². The molecule has 0 saturated carbocycles. The average molecular weight is 372 g/mol. The molecule has 1 saturated heterocycles. The lowest BCUT2D eigenvalue weighted by Crippen LogP contribution is -2.37. The second kappa shape index (κ2) is 9.04. The molecular weight excluding hydrogens is 344 g/mol. The van der Waals surface area contributed by atoms with E-state index in [0.717, 1.165) is 36.5 Å². The van der Waals surface area contributed by atoms with Crippen LogP contribution < -0.4 is 4.74 Å². The van der Waals surface area contributed by atoms with Gasteiger partial charge in [0.15, 0.2) is 5.76 Å². The summed E-state index contributed by atoms with van der Waals surface area (Å²) in [6.45, 7) is 5.92. The Labute approximate surface area is 160 Å². The summed E-state index contributed by atoms with van der Waals surface area (Å²) < 4.78 is 16.5. The van der Waals surface area contributed by atoms with Crippen molar-refractivity contribution in [3.63, 3.8) is 0 Å². The van der Waals surface area contributed by atoms with Crippen molar-refractivity contribution in [2.45, 2.75) is 45.8 Å². The first-order valence-electron chi connectivity index (χ1n) is 9.54. The predicted octanol–water partition coefficient (Wildman–Crippen LogP) is 3.90. The fourth-order valence-corrected chi connectivity index (χ4v) is 3.26. The molecule has 1 fully saturated rings. The molecular formula is C21H28N2O4. The van der Waals surface area contributed by atoms with Gasteiger partial charge in [-0.25, -0.2) is 0 Å². The zero-order valence-electron chi connectivity index (χ0n) is 16.3. The fraction of sp³-hybridized carbons (Fsp3) is 0.524. The van der Waals surface area contributed by atoms with Gasteiger partial charge in [0.1, 0.15) is 11.4 Å². The lowest BCUT2D eigenvalue weighted by atomic mass is 10.1.